The molecule has 2 aromatic carbocycles. The highest BCUT2D eigenvalue weighted by molar-refractivity contribution is 7.60. The van der Waals surface area contributed by atoms with E-state index < -0.39 is 0 Å². The second-order valence-corrected chi connectivity index (χ2v) is 19.1. The number of rotatable bonds is 4. The van der Waals surface area contributed by atoms with E-state index in [1.165, 1.54) is 49.4 Å². The minimum atomic E-state index is -0.178. The molecule has 0 spiro atoms. The molecule has 4 atom stereocenters. The van der Waals surface area contributed by atoms with Crippen molar-refractivity contribution < 1.29 is 0 Å². The maximum Gasteiger partial charge on any atom is 0.00520 e. The highest BCUT2D eigenvalue weighted by atomic mass is 31.1. The van der Waals surface area contributed by atoms with Crippen molar-refractivity contribution in [2.24, 2.45) is 17.8 Å². The van der Waals surface area contributed by atoms with Crippen LogP contribution in [0.1, 0.15) is 91.7 Å². The summed E-state index contributed by atoms with van der Waals surface area (Å²) in [4.78, 5) is 0. The summed E-state index contributed by atoms with van der Waals surface area (Å²) < 4.78 is 0. The van der Waals surface area contributed by atoms with Crippen molar-refractivity contribution in [1.29, 1.82) is 0 Å². The van der Waals surface area contributed by atoms with Gasteiger partial charge >= 0.3 is 0 Å². The molecule has 2 heteroatoms. The second kappa shape index (κ2) is 8.42. The molecular formula is C32H46P2. The first kappa shape index (κ1) is 25.0. The summed E-state index contributed by atoms with van der Waals surface area (Å²) in [6, 6.07) is 18.7. The van der Waals surface area contributed by atoms with E-state index in [0.29, 0.717) is 20.9 Å². The highest BCUT2D eigenvalue weighted by Crippen LogP contribution is 2.69. The molecule has 6 rings (SSSR count). The largest absolute Gasteiger partial charge is 0.130 e. The van der Waals surface area contributed by atoms with Crippen LogP contribution in [0.4, 0.5) is 0 Å². The van der Waals surface area contributed by atoms with Crippen LogP contribution in [0.25, 0.3) is 11.1 Å². The van der Waals surface area contributed by atoms with Crippen LogP contribution in [0, 0.1) is 17.8 Å². The lowest BCUT2D eigenvalue weighted by Gasteiger charge is -2.66. The molecule has 4 fully saturated rings. The van der Waals surface area contributed by atoms with Crippen molar-refractivity contribution in [3.8, 4) is 11.1 Å². The molecule has 4 unspecified atom stereocenters. The minimum Gasteiger partial charge on any atom is -0.130 e. The van der Waals surface area contributed by atoms with Gasteiger partial charge in [0.05, 0.1) is 0 Å². The number of hydrogen-bond donors (Lipinski definition) is 0. The predicted molar refractivity (Wildman–Crippen MR) is 155 cm³/mol. The Bertz CT molecular complexity index is 1010. The fourth-order valence-electron chi connectivity index (χ4n) is 8.42. The molecule has 0 nitrogen and oxygen atoms in total. The Morgan fingerprint density at radius 2 is 1.41 bits per heavy atom. The van der Waals surface area contributed by atoms with E-state index >= 15 is 0 Å². The van der Waals surface area contributed by atoms with Gasteiger partial charge in [0, 0.05) is 5.41 Å². The van der Waals surface area contributed by atoms with Gasteiger partial charge in [-0.25, -0.2) is 0 Å². The zero-order chi connectivity index (χ0) is 24.5. The van der Waals surface area contributed by atoms with Crippen molar-refractivity contribution >= 4 is 17.2 Å². The SMILES string of the molecule is CC(C)(C)P(Cc1ccc(-c2ccccc2)cc1C12CC3CC(CC(C3)C1(C)P)C2)C(C)(C)C. The standard InChI is InChI=1S/C32H46P2/c1-29(2,3)34(30(4,5)6)21-26-14-13-25(24-11-9-8-10-12-24)18-28(26)32-19-22-15-23(20-32)17-27(16-22)31(32,7)33/h8-14,18,22-23,27H,15-17,19-21,33H2,1-7H3. The summed E-state index contributed by atoms with van der Waals surface area (Å²) >= 11 is 0. The van der Waals surface area contributed by atoms with Gasteiger partial charge < -0.3 is 0 Å². The van der Waals surface area contributed by atoms with Gasteiger partial charge in [-0.05, 0) is 93.7 Å². The lowest BCUT2D eigenvalue weighted by Crippen LogP contribution is -2.62. The normalized spacial score (nSPS) is 33.0. The summed E-state index contributed by atoms with van der Waals surface area (Å²) in [5, 5.41) is 0.986. The van der Waals surface area contributed by atoms with Crippen LogP contribution < -0.4 is 0 Å². The third-order valence-corrected chi connectivity index (χ3v) is 14.7. The van der Waals surface area contributed by atoms with Crippen LogP contribution in [-0.4, -0.2) is 15.5 Å². The molecule has 4 aliphatic carbocycles. The van der Waals surface area contributed by atoms with Gasteiger partial charge in [0.15, 0.2) is 0 Å². The predicted octanol–water partition coefficient (Wildman–Crippen LogP) is 9.64. The Kier molecular flexibility index (Phi) is 6.18. The van der Waals surface area contributed by atoms with Gasteiger partial charge in [0.1, 0.15) is 0 Å². The zero-order valence-electron chi connectivity index (χ0n) is 22.6. The Balaban J connectivity index is 1.68. The lowest BCUT2D eigenvalue weighted by atomic mass is 9.43. The van der Waals surface area contributed by atoms with Gasteiger partial charge in [-0.2, -0.15) is 0 Å². The van der Waals surface area contributed by atoms with Gasteiger partial charge in [-0.3, -0.25) is 0 Å². The van der Waals surface area contributed by atoms with Crippen LogP contribution in [0.15, 0.2) is 48.5 Å². The van der Waals surface area contributed by atoms with Crippen molar-refractivity contribution in [3.05, 3.63) is 59.7 Å². The molecule has 2 aromatic rings. The summed E-state index contributed by atoms with van der Waals surface area (Å²) in [5.74, 6) is 2.74. The van der Waals surface area contributed by atoms with Crippen molar-refractivity contribution in [1.82, 2.24) is 0 Å². The fourth-order valence-corrected chi connectivity index (χ4v) is 12.7. The molecule has 0 aromatic heterocycles. The van der Waals surface area contributed by atoms with Crippen LogP contribution in [-0.2, 0) is 11.6 Å². The maximum absolute atomic E-state index is 3.44. The van der Waals surface area contributed by atoms with Crippen LogP contribution in [0.2, 0.25) is 0 Å². The van der Waals surface area contributed by atoms with Gasteiger partial charge in [0.2, 0.25) is 0 Å². The van der Waals surface area contributed by atoms with Crippen molar-refractivity contribution in [2.45, 2.75) is 108 Å². The second-order valence-electron chi connectivity index (χ2n) is 14.1. The smallest absolute Gasteiger partial charge is 0.00520 e. The molecule has 4 bridgehead atoms. The average molecular weight is 493 g/mol. The van der Waals surface area contributed by atoms with E-state index in [9.17, 15) is 0 Å². The van der Waals surface area contributed by atoms with Crippen LogP contribution >= 0.6 is 17.2 Å². The summed E-state index contributed by atoms with van der Waals surface area (Å²) in [6.07, 6.45) is 8.45. The molecule has 0 aliphatic heterocycles. The molecule has 0 N–H and O–H groups in total. The van der Waals surface area contributed by atoms with Crippen LogP contribution in [0.3, 0.4) is 0 Å². The Morgan fingerprint density at radius 3 is 1.97 bits per heavy atom. The molecule has 184 valence electrons. The molecule has 0 amide bonds. The lowest BCUT2D eigenvalue weighted by molar-refractivity contribution is -0.0357. The van der Waals surface area contributed by atoms with Crippen molar-refractivity contribution in [2.75, 3.05) is 0 Å². The zero-order valence-corrected chi connectivity index (χ0v) is 24.7. The Hall–Kier alpha value is -0.700. The fraction of sp³-hybridized carbons (Fsp3) is 0.625. The number of hydrogen-bond acceptors (Lipinski definition) is 0. The first-order chi connectivity index (χ1) is 15.8. The van der Waals surface area contributed by atoms with Gasteiger partial charge in [-0.1, -0.05) is 105 Å². The van der Waals surface area contributed by atoms with Gasteiger partial charge in [0.25, 0.3) is 0 Å². The number of benzene rings is 2. The minimum absolute atomic E-state index is 0.178. The van der Waals surface area contributed by atoms with Crippen LogP contribution in [0.5, 0.6) is 0 Å². The first-order valence-electron chi connectivity index (χ1n) is 13.6. The van der Waals surface area contributed by atoms with E-state index in [0.717, 1.165) is 17.8 Å². The third-order valence-electron chi connectivity index (χ3n) is 9.74. The van der Waals surface area contributed by atoms with E-state index in [1.54, 1.807) is 11.1 Å². The Labute approximate surface area is 213 Å². The molecule has 0 radical (unpaired) electrons. The quantitative estimate of drug-likeness (QED) is 0.373. The third kappa shape index (κ3) is 4.14. The molecule has 0 saturated heterocycles. The van der Waals surface area contributed by atoms with E-state index in [4.69, 9.17) is 0 Å². The monoisotopic (exact) mass is 492 g/mol. The van der Waals surface area contributed by atoms with E-state index in [-0.39, 0.29) is 7.92 Å². The summed E-state index contributed by atoms with van der Waals surface area (Å²) in [6.45, 7) is 17.5. The van der Waals surface area contributed by atoms with E-state index in [2.05, 4.69) is 106 Å². The van der Waals surface area contributed by atoms with E-state index in [1.807, 2.05) is 0 Å². The first-order valence-corrected chi connectivity index (χ1v) is 15.7. The Morgan fingerprint density at radius 1 is 0.824 bits per heavy atom. The average Bonchev–Trinajstić information content (AvgIpc) is 2.74. The van der Waals surface area contributed by atoms with Crippen molar-refractivity contribution in [3.63, 3.8) is 0 Å². The molecule has 34 heavy (non-hydrogen) atoms. The highest BCUT2D eigenvalue weighted by Gasteiger charge is 2.62. The maximum atomic E-state index is 3.44. The van der Waals surface area contributed by atoms with Gasteiger partial charge in [-0.15, -0.1) is 9.24 Å². The molecule has 4 saturated carbocycles. The molecule has 0 heterocycles. The molecular weight excluding hydrogens is 446 g/mol. The topological polar surface area (TPSA) is 0 Å². The molecule has 4 aliphatic rings. The summed E-state index contributed by atoms with van der Waals surface area (Å²) in [5.41, 5.74) is 6.45. The summed E-state index contributed by atoms with van der Waals surface area (Å²) in [7, 11) is 3.27.